The highest BCUT2D eigenvalue weighted by Gasteiger charge is 2.22. The Hall–Kier alpha value is -2.01. The standard InChI is InChI=1S/C16H21N3O2/c1-19(2)6-5-12-9-17-15-4-3-11(8-14(12)15)7-13-10-21-16(20)18-13/h3-4,8-9,13,17H,5-7,10H2,1-2H3,(H,18,20)/t13-/m0/s1/i1D3,2D3,6D2,13D. The normalized spacial score (nSPS) is 30.0. The topological polar surface area (TPSA) is 57.4 Å². The van der Waals surface area contributed by atoms with Crippen molar-refractivity contribution in [2.45, 2.75) is 18.9 Å². The average molecular weight is 296 g/mol. The van der Waals surface area contributed by atoms with Crippen LogP contribution in [0.15, 0.2) is 24.4 Å². The van der Waals surface area contributed by atoms with Gasteiger partial charge in [0, 0.05) is 34.6 Å². The highest BCUT2D eigenvalue weighted by Crippen LogP contribution is 2.21. The van der Waals surface area contributed by atoms with Crippen LogP contribution in [0.2, 0.25) is 0 Å². The number of cyclic esters (lactones) is 1. The number of hydrogen-bond acceptors (Lipinski definition) is 3. The molecular formula is C16H21N3O2. The minimum Gasteiger partial charge on any atom is -0.447 e. The molecule has 5 heteroatoms. The number of ether oxygens (including phenoxy) is 1. The van der Waals surface area contributed by atoms with E-state index in [1.165, 1.54) is 6.20 Å². The number of carbonyl (C=O) groups is 1. The van der Waals surface area contributed by atoms with Crippen LogP contribution in [0.25, 0.3) is 10.9 Å². The quantitative estimate of drug-likeness (QED) is 0.886. The van der Waals surface area contributed by atoms with Crippen molar-refractivity contribution in [1.29, 1.82) is 0 Å². The first-order valence-electron chi connectivity index (χ1n) is 11.0. The summed E-state index contributed by atoms with van der Waals surface area (Å²) in [4.78, 5) is 14.1. The number of fused-ring (bicyclic) bond motifs is 1. The molecule has 1 aliphatic rings. The third kappa shape index (κ3) is 3.19. The second-order valence-electron chi connectivity index (χ2n) is 4.85. The van der Waals surface area contributed by atoms with Crippen LogP contribution < -0.4 is 5.32 Å². The van der Waals surface area contributed by atoms with E-state index in [0.717, 1.165) is 0 Å². The van der Waals surface area contributed by atoms with Gasteiger partial charge < -0.3 is 19.9 Å². The number of amides is 1. The summed E-state index contributed by atoms with van der Waals surface area (Å²) in [6, 6.07) is 3.84. The first-order chi connectivity index (χ1) is 13.6. The largest absolute Gasteiger partial charge is 0.447 e. The number of H-pyrrole nitrogens is 1. The number of likely N-dealkylation sites (N-methyl/N-ethyl adjacent to an activating group) is 1. The molecule has 2 heterocycles. The molecule has 1 atom stereocenters. The summed E-state index contributed by atoms with van der Waals surface area (Å²) in [5.74, 6) is 0. The van der Waals surface area contributed by atoms with Gasteiger partial charge in [-0.25, -0.2) is 4.79 Å². The summed E-state index contributed by atoms with van der Waals surface area (Å²) < 4.78 is 74.3. The molecule has 1 saturated heterocycles. The number of hydrogen-bond donors (Lipinski definition) is 2. The van der Waals surface area contributed by atoms with Crippen LogP contribution in [0.1, 0.15) is 23.5 Å². The van der Waals surface area contributed by atoms with E-state index in [9.17, 15) is 4.79 Å². The van der Waals surface area contributed by atoms with E-state index in [-0.39, 0.29) is 17.9 Å². The molecule has 21 heavy (non-hydrogen) atoms. The maximum atomic E-state index is 11.3. The molecule has 0 saturated carbocycles. The van der Waals surface area contributed by atoms with E-state index in [2.05, 4.69) is 10.3 Å². The van der Waals surface area contributed by atoms with Crippen molar-refractivity contribution < 1.29 is 21.9 Å². The van der Waals surface area contributed by atoms with Gasteiger partial charge >= 0.3 is 6.09 Å². The fourth-order valence-corrected chi connectivity index (χ4v) is 2.36. The predicted molar refractivity (Wildman–Crippen MR) is 82.5 cm³/mol. The zero-order chi connectivity index (χ0) is 22.5. The van der Waals surface area contributed by atoms with E-state index in [0.29, 0.717) is 22.0 Å². The van der Waals surface area contributed by atoms with Crippen molar-refractivity contribution in [1.82, 2.24) is 15.2 Å². The number of benzene rings is 1. The van der Waals surface area contributed by atoms with Crippen molar-refractivity contribution in [3.8, 4) is 0 Å². The third-order valence-electron chi connectivity index (χ3n) is 3.33. The number of aromatic nitrogens is 1. The predicted octanol–water partition coefficient (Wildman–Crippen LogP) is 1.92. The van der Waals surface area contributed by atoms with Gasteiger partial charge in [0.05, 0.1) is 7.39 Å². The maximum absolute atomic E-state index is 11.3. The fourth-order valence-electron chi connectivity index (χ4n) is 2.36. The summed E-state index contributed by atoms with van der Waals surface area (Å²) >= 11 is 0. The highest BCUT2D eigenvalue weighted by molar-refractivity contribution is 5.84. The van der Waals surface area contributed by atoms with Gasteiger partial charge in [-0.05, 0) is 50.1 Å². The fraction of sp³-hybridized carbons (Fsp3) is 0.438. The average Bonchev–Trinajstić information content (AvgIpc) is 3.07. The second-order valence-corrected chi connectivity index (χ2v) is 4.85. The first-order valence-corrected chi connectivity index (χ1v) is 6.45. The number of alkyl carbamates (subject to hydrolysis) is 1. The zero-order valence-electron chi connectivity index (χ0n) is 20.2. The Morgan fingerprint density at radius 3 is 3.24 bits per heavy atom. The number of rotatable bonds is 5. The zero-order valence-corrected chi connectivity index (χ0v) is 11.2. The van der Waals surface area contributed by atoms with Crippen molar-refractivity contribution in [3.05, 3.63) is 35.5 Å². The summed E-state index contributed by atoms with van der Waals surface area (Å²) in [5.41, 5.74) is 1.71. The van der Waals surface area contributed by atoms with Gasteiger partial charge in [-0.1, -0.05) is 6.07 Å². The van der Waals surface area contributed by atoms with Crippen molar-refractivity contribution in [3.63, 3.8) is 0 Å². The van der Waals surface area contributed by atoms with Crippen molar-refractivity contribution in [2.24, 2.45) is 0 Å². The minimum atomic E-state index is -3.16. The summed E-state index contributed by atoms with van der Waals surface area (Å²) in [5, 5.41) is 3.00. The van der Waals surface area contributed by atoms with Crippen LogP contribution in [-0.4, -0.2) is 49.1 Å². The van der Waals surface area contributed by atoms with Crippen molar-refractivity contribution >= 4 is 17.0 Å². The highest BCUT2D eigenvalue weighted by atomic mass is 16.6. The van der Waals surface area contributed by atoms with Crippen LogP contribution in [0.4, 0.5) is 4.79 Å². The van der Waals surface area contributed by atoms with Gasteiger partial charge in [0.1, 0.15) is 6.61 Å². The molecule has 0 unspecified atom stereocenters. The molecule has 1 amide bonds. The molecule has 0 bridgehead atoms. The number of aromatic amines is 1. The molecular weight excluding hydrogens is 266 g/mol. The van der Waals surface area contributed by atoms with Crippen LogP contribution in [0.3, 0.4) is 0 Å². The lowest BCUT2D eigenvalue weighted by atomic mass is 10.0. The van der Waals surface area contributed by atoms with Gasteiger partial charge in [0.25, 0.3) is 0 Å². The molecule has 1 fully saturated rings. The molecule has 112 valence electrons. The molecule has 0 radical (unpaired) electrons. The van der Waals surface area contributed by atoms with E-state index < -0.39 is 39.0 Å². The van der Waals surface area contributed by atoms with Gasteiger partial charge in [0.2, 0.25) is 0 Å². The van der Waals surface area contributed by atoms with E-state index in [1.54, 1.807) is 18.2 Å². The van der Waals surface area contributed by atoms with Gasteiger partial charge in [-0.15, -0.1) is 0 Å². The number of carbonyl (C=O) groups excluding carboxylic acids is 1. The van der Waals surface area contributed by atoms with E-state index in [4.69, 9.17) is 17.1 Å². The van der Waals surface area contributed by atoms with Crippen LogP contribution in [0.5, 0.6) is 0 Å². The van der Waals surface area contributed by atoms with Crippen LogP contribution in [0, 0.1) is 0 Å². The Balaban J connectivity index is 1.91. The molecule has 1 aliphatic heterocycles. The van der Waals surface area contributed by atoms with Crippen LogP contribution in [-0.2, 0) is 17.6 Å². The number of nitrogens with zero attached hydrogens (tertiary/aromatic N) is 1. The van der Waals surface area contributed by atoms with Gasteiger partial charge in [-0.3, -0.25) is 0 Å². The number of aryl methyl sites for hydroxylation is 1. The van der Waals surface area contributed by atoms with E-state index in [1.807, 2.05) is 0 Å². The summed E-state index contributed by atoms with van der Waals surface area (Å²) in [6.45, 7) is -9.13. The molecule has 5 nitrogen and oxygen atoms in total. The molecule has 2 aromatic rings. The van der Waals surface area contributed by atoms with Gasteiger partial charge in [-0.2, -0.15) is 0 Å². The maximum Gasteiger partial charge on any atom is 0.407 e. The molecule has 1 aromatic heterocycles. The SMILES string of the molecule is [2H]C([2H])([2H])N(C([2H])([2H])[2H])C([2H])([2H])Cc1c[nH]c2ccc(C[C@@]3([2H])COC(=O)N3)cc12. The Bertz CT molecular complexity index is 940. The molecule has 0 spiro atoms. The van der Waals surface area contributed by atoms with Gasteiger partial charge in [0.15, 0.2) is 0 Å². The second kappa shape index (κ2) is 5.77. The Labute approximate surface area is 136 Å². The molecule has 1 aromatic carbocycles. The summed E-state index contributed by atoms with van der Waals surface area (Å²) in [7, 11) is 0. The molecule has 3 rings (SSSR count). The summed E-state index contributed by atoms with van der Waals surface area (Å²) in [6.07, 6.45) is 0.485. The van der Waals surface area contributed by atoms with E-state index >= 15 is 0 Å². The lowest BCUT2D eigenvalue weighted by molar-refractivity contribution is 0.177. The monoisotopic (exact) mass is 296 g/mol. The smallest absolute Gasteiger partial charge is 0.407 e. The minimum absolute atomic E-state index is 0.0696. The molecule has 0 aliphatic carbocycles. The number of nitrogens with one attached hydrogen (secondary N) is 2. The van der Waals surface area contributed by atoms with Crippen molar-refractivity contribution in [2.75, 3.05) is 27.1 Å². The Kier molecular flexibility index (Phi) is 1.88. The lowest BCUT2D eigenvalue weighted by Crippen LogP contribution is -2.28. The Morgan fingerprint density at radius 2 is 2.48 bits per heavy atom. The third-order valence-corrected chi connectivity index (χ3v) is 3.33. The first kappa shape index (κ1) is 6.83. The van der Waals surface area contributed by atoms with Crippen LogP contribution >= 0.6 is 0 Å². The lowest BCUT2D eigenvalue weighted by Gasteiger charge is -2.09. The molecule has 2 N–H and O–H groups in total. The Morgan fingerprint density at radius 1 is 1.57 bits per heavy atom.